The van der Waals surface area contributed by atoms with Gasteiger partial charge in [0.15, 0.2) is 24.6 Å². The van der Waals surface area contributed by atoms with E-state index in [1.54, 1.807) is 19.1 Å². The van der Waals surface area contributed by atoms with Gasteiger partial charge in [-0.3, -0.25) is 18.6 Å². The summed E-state index contributed by atoms with van der Waals surface area (Å²) in [6.45, 7) is 4.55. The maximum absolute atomic E-state index is 12.6. The van der Waals surface area contributed by atoms with Gasteiger partial charge in [-0.2, -0.15) is 8.42 Å². The number of hydrogen-bond acceptors (Lipinski definition) is 11. The lowest BCUT2D eigenvalue weighted by molar-refractivity contribution is -0.300. The minimum atomic E-state index is -4.18. The lowest BCUT2D eigenvalue weighted by atomic mass is 9.98. The highest BCUT2D eigenvalue weighted by molar-refractivity contribution is 7.86. The maximum Gasteiger partial charge on any atom is 0.303 e. The molecule has 0 aromatic heterocycles. The number of aryl methyl sites for hydroxylation is 1. The average molecular weight is 474 g/mol. The standard InChI is InChI=1S/C20H26O11S/c1-11-6-8-15(9-7-11)32(24,25)27-10-16-17(28-12(2)21)18(29-13(3)22)19(30-14(4)23)20(26-5)31-16/h6-9,16-20H,10H2,1-5H3/t16-,17-,18+,19-,20-/m1/s1. The molecular weight excluding hydrogens is 448 g/mol. The molecule has 0 spiro atoms. The molecule has 1 heterocycles. The van der Waals surface area contributed by atoms with Crippen molar-refractivity contribution in [3.8, 4) is 0 Å². The molecule has 11 nitrogen and oxygen atoms in total. The van der Waals surface area contributed by atoms with Gasteiger partial charge in [-0.1, -0.05) is 17.7 Å². The van der Waals surface area contributed by atoms with Crippen LogP contribution in [0.5, 0.6) is 0 Å². The van der Waals surface area contributed by atoms with Crippen LogP contribution in [0.4, 0.5) is 0 Å². The van der Waals surface area contributed by atoms with E-state index in [2.05, 4.69) is 0 Å². The highest BCUT2D eigenvalue weighted by atomic mass is 32.2. The molecule has 178 valence electrons. The number of esters is 3. The Morgan fingerprint density at radius 2 is 1.38 bits per heavy atom. The number of carbonyl (C=O) groups excluding carboxylic acids is 3. The molecule has 1 aliphatic heterocycles. The van der Waals surface area contributed by atoms with E-state index in [4.69, 9.17) is 27.9 Å². The molecule has 0 N–H and O–H groups in total. The van der Waals surface area contributed by atoms with E-state index in [1.807, 2.05) is 0 Å². The Hall–Kier alpha value is -2.54. The number of rotatable bonds is 8. The Morgan fingerprint density at radius 1 is 0.875 bits per heavy atom. The van der Waals surface area contributed by atoms with Gasteiger partial charge in [0.1, 0.15) is 6.10 Å². The van der Waals surface area contributed by atoms with Crippen LogP contribution in [0.1, 0.15) is 26.3 Å². The van der Waals surface area contributed by atoms with Crippen LogP contribution >= 0.6 is 0 Å². The van der Waals surface area contributed by atoms with E-state index in [1.165, 1.54) is 19.2 Å². The van der Waals surface area contributed by atoms with Gasteiger partial charge in [-0.15, -0.1) is 0 Å². The first-order valence-electron chi connectivity index (χ1n) is 9.60. The average Bonchev–Trinajstić information content (AvgIpc) is 2.69. The molecule has 0 amide bonds. The van der Waals surface area contributed by atoms with Gasteiger partial charge in [-0.25, -0.2) is 0 Å². The fourth-order valence-corrected chi connectivity index (χ4v) is 4.03. The number of hydrogen-bond donors (Lipinski definition) is 0. The van der Waals surface area contributed by atoms with Gasteiger partial charge in [0.25, 0.3) is 10.1 Å². The van der Waals surface area contributed by atoms with Crippen LogP contribution in [-0.4, -0.2) is 70.7 Å². The van der Waals surface area contributed by atoms with Crippen LogP contribution in [0.3, 0.4) is 0 Å². The highest BCUT2D eigenvalue weighted by Gasteiger charge is 2.52. The largest absolute Gasteiger partial charge is 0.456 e. The van der Waals surface area contributed by atoms with Gasteiger partial charge in [-0.05, 0) is 19.1 Å². The summed E-state index contributed by atoms with van der Waals surface area (Å²) in [6, 6.07) is 5.98. The molecule has 1 saturated heterocycles. The van der Waals surface area contributed by atoms with Crippen molar-refractivity contribution in [1.29, 1.82) is 0 Å². The fourth-order valence-electron chi connectivity index (χ4n) is 3.11. The molecular formula is C20H26O11S. The van der Waals surface area contributed by atoms with Crippen molar-refractivity contribution in [2.75, 3.05) is 13.7 Å². The quantitative estimate of drug-likeness (QED) is 0.301. The Morgan fingerprint density at radius 3 is 1.88 bits per heavy atom. The van der Waals surface area contributed by atoms with Crippen molar-refractivity contribution in [3.63, 3.8) is 0 Å². The van der Waals surface area contributed by atoms with Crippen molar-refractivity contribution < 1.29 is 50.7 Å². The monoisotopic (exact) mass is 474 g/mol. The van der Waals surface area contributed by atoms with Gasteiger partial charge < -0.3 is 23.7 Å². The van der Waals surface area contributed by atoms with E-state index >= 15 is 0 Å². The minimum Gasteiger partial charge on any atom is -0.456 e. The van der Waals surface area contributed by atoms with Gasteiger partial charge in [0.05, 0.1) is 11.5 Å². The predicted octanol–water partition coefficient (Wildman–Crippen LogP) is 0.867. The zero-order chi connectivity index (χ0) is 24.1. The molecule has 1 aromatic rings. The van der Waals surface area contributed by atoms with Crippen LogP contribution in [-0.2, 0) is 52.4 Å². The lowest BCUT2D eigenvalue weighted by Gasteiger charge is -2.43. The zero-order valence-corrected chi connectivity index (χ0v) is 19.1. The molecule has 2 rings (SSSR count). The van der Waals surface area contributed by atoms with Crippen LogP contribution in [0.25, 0.3) is 0 Å². The molecule has 0 radical (unpaired) electrons. The zero-order valence-electron chi connectivity index (χ0n) is 18.3. The molecule has 0 bridgehead atoms. The summed E-state index contributed by atoms with van der Waals surface area (Å²) in [4.78, 5) is 34.9. The van der Waals surface area contributed by atoms with E-state index in [-0.39, 0.29) is 4.90 Å². The summed E-state index contributed by atoms with van der Waals surface area (Å²) < 4.78 is 56.8. The normalized spacial score (nSPS) is 25.6. The first kappa shape index (κ1) is 25.7. The summed E-state index contributed by atoms with van der Waals surface area (Å²) in [5.74, 6) is -2.25. The van der Waals surface area contributed by atoms with Crippen molar-refractivity contribution >= 4 is 28.0 Å². The highest BCUT2D eigenvalue weighted by Crippen LogP contribution is 2.30. The number of methoxy groups -OCH3 is 1. The molecule has 32 heavy (non-hydrogen) atoms. The molecule has 0 aliphatic carbocycles. The summed E-state index contributed by atoms with van der Waals surface area (Å²) in [6.07, 6.45) is -6.46. The Balaban J connectivity index is 2.33. The van der Waals surface area contributed by atoms with E-state index in [9.17, 15) is 22.8 Å². The van der Waals surface area contributed by atoms with E-state index in [0.717, 1.165) is 26.3 Å². The lowest BCUT2D eigenvalue weighted by Crippen LogP contribution is -2.62. The van der Waals surface area contributed by atoms with Crippen LogP contribution in [0, 0.1) is 6.92 Å². The number of benzene rings is 1. The molecule has 1 aromatic carbocycles. The number of ether oxygens (including phenoxy) is 5. The van der Waals surface area contributed by atoms with Gasteiger partial charge in [0, 0.05) is 27.9 Å². The Labute approximate surface area is 186 Å². The second kappa shape index (κ2) is 10.9. The SMILES string of the molecule is CO[C@@H]1O[C@H](COS(=O)(=O)c2ccc(C)cc2)[C@@H](OC(C)=O)[C@H](OC(C)=O)[C@H]1OC(C)=O. The third-order valence-corrected chi connectivity index (χ3v) is 5.72. The second-order valence-corrected chi connectivity index (χ2v) is 8.67. The summed E-state index contributed by atoms with van der Waals surface area (Å²) in [5, 5.41) is 0. The molecule has 0 unspecified atom stereocenters. The third-order valence-electron chi connectivity index (χ3n) is 4.43. The first-order chi connectivity index (χ1) is 14.9. The van der Waals surface area contributed by atoms with Gasteiger partial charge in [0.2, 0.25) is 0 Å². The van der Waals surface area contributed by atoms with E-state index < -0.39 is 65.3 Å². The van der Waals surface area contributed by atoms with Crippen molar-refractivity contribution in [2.45, 2.75) is 63.3 Å². The molecule has 5 atom stereocenters. The maximum atomic E-state index is 12.6. The summed E-state index contributed by atoms with van der Waals surface area (Å²) >= 11 is 0. The molecule has 0 saturated carbocycles. The molecule has 1 fully saturated rings. The van der Waals surface area contributed by atoms with E-state index in [0.29, 0.717) is 0 Å². The van der Waals surface area contributed by atoms with Crippen LogP contribution in [0.15, 0.2) is 29.2 Å². The molecule has 12 heteroatoms. The minimum absolute atomic E-state index is 0.0828. The predicted molar refractivity (Wildman–Crippen MR) is 107 cm³/mol. The topological polar surface area (TPSA) is 141 Å². The third kappa shape index (κ3) is 6.73. The summed E-state index contributed by atoms with van der Waals surface area (Å²) in [5.41, 5.74) is 0.859. The van der Waals surface area contributed by atoms with Crippen molar-refractivity contribution in [2.24, 2.45) is 0 Å². The number of carbonyl (C=O) groups is 3. The molecule has 1 aliphatic rings. The van der Waals surface area contributed by atoms with Crippen molar-refractivity contribution in [1.82, 2.24) is 0 Å². The van der Waals surface area contributed by atoms with Crippen LogP contribution < -0.4 is 0 Å². The second-order valence-electron chi connectivity index (χ2n) is 7.05. The smallest absolute Gasteiger partial charge is 0.303 e. The van der Waals surface area contributed by atoms with Crippen molar-refractivity contribution in [3.05, 3.63) is 29.8 Å². The van der Waals surface area contributed by atoms with Crippen LogP contribution in [0.2, 0.25) is 0 Å². The van der Waals surface area contributed by atoms with Gasteiger partial charge >= 0.3 is 17.9 Å². The first-order valence-corrected chi connectivity index (χ1v) is 11.0. The fraction of sp³-hybridized carbons (Fsp3) is 0.550. The summed E-state index contributed by atoms with van der Waals surface area (Å²) in [7, 11) is -2.93. The Bertz CT molecular complexity index is 925. The Kier molecular flexibility index (Phi) is 8.73.